The zero-order valence-corrected chi connectivity index (χ0v) is 14.8. The summed E-state index contributed by atoms with van der Waals surface area (Å²) < 4.78 is 5.72. The summed E-state index contributed by atoms with van der Waals surface area (Å²) >= 11 is 1.65. The Morgan fingerprint density at radius 2 is 2.09 bits per heavy atom. The average molecular weight is 337 g/mol. The van der Waals surface area contributed by atoms with Crippen LogP contribution in [0.3, 0.4) is 0 Å². The van der Waals surface area contributed by atoms with Gasteiger partial charge in [0.2, 0.25) is 5.91 Å². The Balaban J connectivity index is 1.55. The molecular formula is C17H27N3O2S. The van der Waals surface area contributed by atoms with E-state index >= 15 is 0 Å². The monoisotopic (exact) mass is 337 g/mol. The Bertz CT molecular complexity index is 488. The molecule has 128 valence electrons. The summed E-state index contributed by atoms with van der Waals surface area (Å²) in [6, 6.07) is 0. The molecule has 0 N–H and O–H groups in total. The molecule has 0 spiro atoms. The standard InChI is InChI=1S/C17H27N3O2S/c1-22-16-5-9-19(11-15-12-23-13-18-15)8-4-14(16)10-17(21)20-6-2-3-7-20/h12-14,16H,2-11H2,1H3/t14-,16+/m1/s1. The zero-order valence-electron chi connectivity index (χ0n) is 13.9. The number of rotatable bonds is 5. The van der Waals surface area contributed by atoms with E-state index in [9.17, 15) is 4.79 Å². The molecule has 0 aliphatic carbocycles. The van der Waals surface area contributed by atoms with Crippen molar-refractivity contribution in [3.63, 3.8) is 0 Å². The molecule has 0 bridgehead atoms. The number of ether oxygens (including phenoxy) is 1. The van der Waals surface area contributed by atoms with E-state index < -0.39 is 0 Å². The molecule has 2 aliphatic rings. The molecule has 6 heteroatoms. The van der Waals surface area contributed by atoms with Crippen LogP contribution in [0.4, 0.5) is 0 Å². The van der Waals surface area contributed by atoms with Crippen LogP contribution in [-0.4, -0.2) is 60.1 Å². The smallest absolute Gasteiger partial charge is 0.222 e. The van der Waals surface area contributed by atoms with Crippen LogP contribution >= 0.6 is 11.3 Å². The summed E-state index contributed by atoms with van der Waals surface area (Å²) in [7, 11) is 1.79. The minimum Gasteiger partial charge on any atom is -0.381 e. The van der Waals surface area contributed by atoms with E-state index in [0.29, 0.717) is 18.2 Å². The van der Waals surface area contributed by atoms with Crippen LogP contribution in [0, 0.1) is 5.92 Å². The largest absolute Gasteiger partial charge is 0.381 e. The molecule has 0 saturated carbocycles. The van der Waals surface area contributed by atoms with Crippen molar-refractivity contribution in [2.45, 2.75) is 44.8 Å². The number of thiazole rings is 1. The van der Waals surface area contributed by atoms with Crippen LogP contribution in [0.1, 0.15) is 37.8 Å². The van der Waals surface area contributed by atoms with Gasteiger partial charge in [0.15, 0.2) is 0 Å². The highest BCUT2D eigenvalue weighted by Crippen LogP contribution is 2.26. The summed E-state index contributed by atoms with van der Waals surface area (Å²) in [6.45, 7) is 4.84. The third kappa shape index (κ3) is 4.52. The van der Waals surface area contributed by atoms with Crippen LogP contribution < -0.4 is 0 Å². The Morgan fingerprint density at radius 3 is 2.78 bits per heavy atom. The quantitative estimate of drug-likeness (QED) is 0.828. The van der Waals surface area contributed by atoms with Crippen molar-refractivity contribution in [3.05, 3.63) is 16.6 Å². The first-order valence-corrected chi connectivity index (χ1v) is 9.60. The Kier molecular flexibility index (Phi) is 6.02. The van der Waals surface area contributed by atoms with Crippen molar-refractivity contribution in [3.8, 4) is 0 Å². The Hall–Kier alpha value is -0.980. The molecule has 3 rings (SSSR count). The van der Waals surface area contributed by atoms with Gasteiger partial charge in [-0.25, -0.2) is 4.98 Å². The number of carbonyl (C=O) groups excluding carboxylic acids is 1. The van der Waals surface area contributed by atoms with Crippen molar-refractivity contribution >= 4 is 17.2 Å². The second-order valence-electron chi connectivity index (χ2n) is 6.66. The molecule has 5 nitrogen and oxygen atoms in total. The van der Waals surface area contributed by atoms with E-state index in [2.05, 4.69) is 15.3 Å². The molecule has 1 aromatic rings. The fourth-order valence-electron chi connectivity index (χ4n) is 3.76. The first kappa shape index (κ1) is 16.9. The van der Waals surface area contributed by atoms with Crippen LogP contribution in [0.5, 0.6) is 0 Å². The lowest BCUT2D eigenvalue weighted by Gasteiger charge is -2.25. The molecule has 2 fully saturated rings. The number of hydrogen-bond acceptors (Lipinski definition) is 5. The number of likely N-dealkylation sites (tertiary alicyclic amines) is 2. The predicted octanol–water partition coefficient (Wildman–Crippen LogP) is 2.38. The zero-order chi connectivity index (χ0) is 16.1. The normalized spacial score (nSPS) is 26.4. The minimum atomic E-state index is 0.196. The van der Waals surface area contributed by atoms with Crippen molar-refractivity contribution in [1.82, 2.24) is 14.8 Å². The minimum absolute atomic E-state index is 0.196. The van der Waals surface area contributed by atoms with E-state index in [-0.39, 0.29) is 6.10 Å². The lowest BCUT2D eigenvalue weighted by atomic mass is 9.93. The third-order valence-corrected chi connectivity index (χ3v) is 5.77. The van der Waals surface area contributed by atoms with Gasteiger partial charge in [0, 0.05) is 45.1 Å². The van der Waals surface area contributed by atoms with E-state index in [4.69, 9.17) is 4.74 Å². The topological polar surface area (TPSA) is 45.7 Å². The van der Waals surface area contributed by atoms with Gasteiger partial charge in [-0.1, -0.05) is 0 Å². The number of nitrogens with zero attached hydrogens (tertiary/aromatic N) is 3. The molecule has 1 aromatic heterocycles. The maximum atomic E-state index is 12.5. The summed E-state index contributed by atoms with van der Waals surface area (Å²) in [6.07, 6.45) is 5.18. The van der Waals surface area contributed by atoms with Crippen LogP contribution in [0.15, 0.2) is 10.9 Å². The number of hydrogen-bond donors (Lipinski definition) is 0. The SMILES string of the molecule is CO[C@H]1CCN(Cc2cscn2)CC[C@@H]1CC(=O)N1CCCC1. The molecule has 2 aliphatic heterocycles. The van der Waals surface area contributed by atoms with Gasteiger partial charge in [-0.2, -0.15) is 0 Å². The van der Waals surface area contributed by atoms with Crippen LogP contribution in [0.25, 0.3) is 0 Å². The Labute approximate surface area is 142 Å². The summed E-state index contributed by atoms with van der Waals surface area (Å²) in [5.41, 5.74) is 3.04. The molecule has 23 heavy (non-hydrogen) atoms. The number of aromatic nitrogens is 1. The lowest BCUT2D eigenvalue weighted by molar-refractivity contribution is -0.132. The van der Waals surface area contributed by atoms with E-state index in [1.165, 1.54) is 0 Å². The van der Waals surface area contributed by atoms with Crippen LogP contribution in [-0.2, 0) is 16.1 Å². The molecule has 1 amide bonds. The fraction of sp³-hybridized carbons (Fsp3) is 0.765. The molecule has 0 aromatic carbocycles. The third-order valence-electron chi connectivity index (χ3n) is 5.14. The maximum absolute atomic E-state index is 12.5. The first-order valence-electron chi connectivity index (χ1n) is 8.66. The van der Waals surface area contributed by atoms with E-state index in [1.54, 1.807) is 18.4 Å². The second kappa shape index (κ2) is 8.22. The van der Waals surface area contributed by atoms with Crippen molar-refractivity contribution in [2.24, 2.45) is 5.92 Å². The fourth-order valence-corrected chi connectivity index (χ4v) is 4.31. The highest BCUT2D eigenvalue weighted by molar-refractivity contribution is 7.07. The molecule has 3 heterocycles. The van der Waals surface area contributed by atoms with Crippen LogP contribution in [0.2, 0.25) is 0 Å². The molecule has 2 saturated heterocycles. The molecule has 2 atom stereocenters. The van der Waals surface area contributed by atoms with Crippen molar-refractivity contribution < 1.29 is 9.53 Å². The van der Waals surface area contributed by atoms with Gasteiger partial charge in [-0.3, -0.25) is 9.69 Å². The lowest BCUT2D eigenvalue weighted by Crippen LogP contribution is -2.33. The van der Waals surface area contributed by atoms with E-state index in [1.807, 2.05) is 10.4 Å². The molecule has 0 unspecified atom stereocenters. The van der Waals surface area contributed by atoms with Gasteiger partial charge in [0.05, 0.1) is 17.3 Å². The van der Waals surface area contributed by atoms with Crippen molar-refractivity contribution in [1.29, 1.82) is 0 Å². The summed E-state index contributed by atoms with van der Waals surface area (Å²) in [4.78, 5) is 21.3. The molecule has 0 radical (unpaired) electrons. The van der Waals surface area contributed by atoms with Crippen molar-refractivity contribution in [2.75, 3.05) is 33.3 Å². The number of carbonyl (C=O) groups is 1. The van der Waals surface area contributed by atoms with Gasteiger partial charge in [0.1, 0.15) is 0 Å². The molecular weight excluding hydrogens is 310 g/mol. The first-order chi connectivity index (χ1) is 11.3. The van der Waals surface area contributed by atoms with Gasteiger partial charge < -0.3 is 9.64 Å². The Morgan fingerprint density at radius 1 is 1.30 bits per heavy atom. The van der Waals surface area contributed by atoms with Gasteiger partial charge in [0.25, 0.3) is 0 Å². The highest BCUT2D eigenvalue weighted by atomic mass is 32.1. The number of amides is 1. The van der Waals surface area contributed by atoms with Gasteiger partial charge in [-0.15, -0.1) is 11.3 Å². The van der Waals surface area contributed by atoms with Gasteiger partial charge in [-0.05, 0) is 38.1 Å². The second-order valence-corrected chi connectivity index (χ2v) is 7.38. The van der Waals surface area contributed by atoms with Gasteiger partial charge >= 0.3 is 0 Å². The summed E-state index contributed by atoms with van der Waals surface area (Å²) in [5, 5.41) is 2.12. The number of methoxy groups -OCH3 is 1. The van der Waals surface area contributed by atoms with E-state index in [0.717, 1.165) is 64.1 Å². The summed E-state index contributed by atoms with van der Waals surface area (Å²) in [5.74, 6) is 0.663. The average Bonchev–Trinajstić information content (AvgIpc) is 3.22. The predicted molar refractivity (Wildman–Crippen MR) is 91.3 cm³/mol. The highest BCUT2D eigenvalue weighted by Gasteiger charge is 2.30. The maximum Gasteiger partial charge on any atom is 0.222 e.